The van der Waals surface area contributed by atoms with E-state index in [1.165, 1.54) is 77.0 Å². The first-order valence-corrected chi connectivity index (χ1v) is 9.40. The molecule has 3 heteroatoms. The molecule has 0 aliphatic heterocycles. The summed E-state index contributed by atoms with van der Waals surface area (Å²) in [6.45, 7) is 6.51. The molecule has 2 N–H and O–H groups in total. The molecule has 0 aromatic carbocycles. The summed E-state index contributed by atoms with van der Waals surface area (Å²) in [6, 6.07) is 0. The maximum Gasteiger partial charge on any atom is 0.0558 e. The van der Waals surface area contributed by atoms with Gasteiger partial charge in [0.2, 0.25) is 0 Å². The quantitative estimate of drug-likeness (QED) is 0.295. The second kappa shape index (κ2) is 18.7. The lowest BCUT2D eigenvalue weighted by molar-refractivity contribution is 0.159. The van der Waals surface area contributed by atoms with Crippen LogP contribution in [0.5, 0.6) is 0 Å². The molecule has 0 aliphatic rings. The van der Waals surface area contributed by atoms with Gasteiger partial charge in [0.25, 0.3) is 0 Å². The zero-order valence-corrected chi connectivity index (χ0v) is 14.6. The second-order valence-electron chi connectivity index (χ2n) is 6.26. The minimum absolute atomic E-state index is 0.188. The van der Waals surface area contributed by atoms with Crippen LogP contribution in [0.2, 0.25) is 0 Å². The Morgan fingerprint density at radius 1 is 0.591 bits per heavy atom. The predicted octanol–water partition coefficient (Wildman–Crippen LogP) is 4.14. The molecule has 0 fully saturated rings. The molecule has 0 radical (unpaired) electrons. The molecule has 132 valence electrons. The standard InChI is InChI=1S/C19H39NO2/c1-2-3-4-5-6-7-8-9-10-11-12-13-14-15-20(16-18-21)17-19-22/h2,21-22H,1,3-19H2. The van der Waals surface area contributed by atoms with Crippen LogP contribution in [-0.4, -0.2) is 48.0 Å². The van der Waals surface area contributed by atoms with Crippen LogP contribution in [-0.2, 0) is 0 Å². The average Bonchev–Trinajstić information content (AvgIpc) is 2.52. The minimum Gasteiger partial charge on any atom is -0.395 e. The predicted molar refractivity (Wildman–Crippen MR) is 96.2 cm³/mol. The summed E-state index contributed by atoms with van der Waals surface area (Å²) >= 11 is 0. The summed E-state index contributed by atoms with van der Waals surface area (Å²) in [7, 11) is 0. The highest BCUT2D eigenvalue weighted by Crippen LogP contribution is 2.12. The summed E-state index contributed by atoms with van der Waals surface area (Å²) in [6.07, 6.45) is 18.0. The van der Waals surface area contributed by atoms with Crippen molar-refractivity contribution in [2.45, 2.75) is 77.0 Å². The molecule has 0 spiro atoms. The SMILES string of the molecule is C=CCCCCCCCCCCCCCN(CCO)CCO. The zero-order valence-electron chi connectivity index (χ0n) is 14.6. The Morgan fingerprint density at radius 2 is 1.00 bits per heavy atom. The molecule has 0 aliphatic carbocycles. The van der Waals surface area contributed by atoms with Crippen LogP contribution in [0.1, 0.15) is 77.0 Å². The van der Waals surface area contributed by atoms with E-state index in [-0.39, 0.29) is 13.2 Å². The van der Waals surface area contributed by atoms with Gasteiger partial charge in [0.1, 0.15) is 0 Å². The lowest BCUT2D eigenvalue weighted by Crippen LogP contribution is -2.30. The molecule has 0 aromatic heterocycles. The number of aliphatic hydroxyl groups excluding tert-OH is 2. The molecule has 0 saturated carbocycles. The molecule has 0 saturated heterocycles. The third kappa shape index (κ3) is 16.0. The molecule has 0 aromatic rings. The van der Waals surface area contributed by atoms with Crippen molar-refractivity contribution < 1.29 is 10.2 Å². The van der Waals surface area contributed by atoms with Gasteiger partial charge in [-0.3, -0.25) is 4.90 Å². The van der Waals surface area contributed by atoms with Gasteiger partial charge in [-0.2, -0.15) is 0 Å². The van der Waals surface area contributed by atoms with Crippen molar-refractivity contribution in [3.8, 4) is 0 Å². The maximum absolute atomic E-state index is 8.94. The Morgan fingerprint density at radius 3 is 1.41 bits per heavy atom. The van der Waals surface area contributed by atoms with E-state index in [0.717, 1.165) is 6.54 Å². The second-order valence-corrected chi connectivity index (χ2v) is 6.26. The zero-order chi connectivity index (χ0) is 16.3. The van der Waals surface area contributed by atoms with Crippen LogP contribution in [0.4, 0.5) is 0 Å². The molecule has 3 nitrogen and oxygen atoms in total. The first-order valence-electron chi connectivity index (χ1n) is 9.40. The highest BCUT2D eigenvalue weighted by Gasteiger charge is 2.02. The van der Waals surface area contributed by atoms with Crippen LogP contribution in [0.25, 0.3) is 0 Å². The highest BCUT2D eigenvalue weighted by molar-refractivity contribution is 4.65. The Labute approximate surface area is 138 Å². The van der Waals surface area contributed by atoms with Crippen LogP contribution >= 0.6 is 0 Å². The molecule has 22 heavy (non-hydrogen) atoms. The third-order valence-corrected chi connectivity index (χ3v) is 4.22. The summed E-state index contributed by atoms with van der Waals surface area (Å²) in [5, 5.41) is 17.9. The van der Waals surface area contributed by atoms with Gasteiger partial charge in [0.15, 0.2) is 0 Å². The first kappa shape index (κ1) is 21.6. The molecule has 0 atom stereocenters. The number of unbranched alkanes of at least 4 members (excludes halogenated alkanes) is 11. The van der Waals surface area contributed by atoms with Gasteiger partial charge in [-0.1, -0.05) is 63.9 Å². The molecule has 0 amide bonds. The third-order valence-electron chi connectivity index (χ3n) is 4.22. The van der Waals surface area contributed by atoms with Crippen LogP contribution in [0.3, 0.4) is 0 Å². The molecule has 0 rings (SSSR count). The maximum atomic E-state index is 8.94. The van der Waals surface area contributed by atoms with E-state index in [1.807, 2.05) is 6.08 Å². The van der Waals surface area contributed by atoms with E-state index in [9.17, 15) is 0 Å². The Hall–Kier alpha value is -0.380. The summed E-state index contributed by atoms with van der Waals surface area (Å²) in [5.41, 5.74) is 0. The van der Waals surface area contributed by atoms with Gasteiger partial charge in [-0.05, 0) is 25.8 Å². The lowest BCUT2D eigenvalue weighted by atomic mass is 10.1. The number of hydrogen-bond acceptors (Lipinski definition) is 3. The minimum atomic E-state index is 0.188. The number of nitrogens with zero attached hydrogens (tertiary/aromatic N) is 1. The fraction of sp³-hybridized carbons (Fsp3) is 0.895. The van der Waals surface area contributed by atoms with Crippen LogP contribution < -0.4 is 0 Å². The van der Waals surface area contributed by atoms with Gasteiger partial charge in [0.05, 0.1) is 13.2 Å². The van der Waals surface area contributed by atoms with E-state index < -0.39 is 0 Å². The molecular formula is C19H39NO2. The van der Waals surface area contributed by atoms with E-state index in [0.29, 0.717) is 13.1 Å². The largest absolute Gasteiger partial charge is 0.395 e. The van der Waals surface area contributed by atoms with E-state index in [1.54, 1.807) is 0 Å². The summed E-state index contributed by atoms with van der Waals surface area (Å²) in [4.78, 5) is 2.15. The highest BCUT2D eigenvalue weighted by atomic mass is 16.3. The lowest BCUT2D eigenvalue weighted by Gasteiger charge is -2.19. The van der Waals surface area contributed by atoms with Gasteiger partial charge in [0, 0.05) is 13.1 Å². The van der Waals surface area contributed by atoms with Gasteiger partial charge in [-0.15, -0.1) is 6.58 Å². The van der Waals surface area contributed by atoms with E-state index in [4.69, 9.17) is 10.2 Å². The molecular weight excluding hydrogens is 274 g/mol. The van der Waals surface area contributed by atoms with Crippen molar-refractivity contribution in [2.75, 3.05) is 32.8 Å². The Kier molecular flexibility index (Phi) is 18.3. The number of hydrogen-bond donors (Lipinski definition) is 2. The topological polar surface area (TPSA) is 43.7 Å². The number of allylic oxidation sites excluding steroid dienone is 1. The van der Waals surface area contributed by atoms with Crippen molar-refractivity contribution in [2.24, 2.45) is 0 Å². The average molecular weight is 314 g/mol. The van der Waals surface area contributed by atoms with Crippen molar-refractivity contribution in [3.05, 3.63) is 12.7 Å². The monoisotopic (exact) mass is 313 g/mol. The number of rotatable bonds is 18. The van der Waals surface area contributed by atoms with Crippen molar-refractivity contribution in [1.29, 1.82) is 0 Å². The smallest absolute Gasteiger partial charge is 0.0558 e. The first-order chi connectivity index (χ1) is 10.8. The fourth-order valence-electron chi connectivity index (χ4n) is 2.83. The van der Waals surface area contributed by atoms with Crippen LogP contribution in [0, 0.1) is 0 Å². The van der Waals surface area contributed by atoms with E-state index >= 15 is 0 Å². The normalized spacial score (nSPS) is 11.2. The van der Waals surface area contributed by atoms with Crippen LogP contribution in [0.15, 0.2) is 12.7 Å². The summed E-state index contributed by atoms with van der Waals surface area (Å²) in [5.74, 6) is 0. The fourth-order valence-corrected chi connectivity index (χ4v) is 2.83. The van der Waals surface area contributed by atoms with Crippen molar-refractivity contribution in [3.63, 3.8) is 0 Å². The molecule has 0 bridgehead atoms. The Bertz CT molecular complexity index is 215. The van der Waals surface area contributed by atoms with Gasteiger partial charge >= 0.3 is 0 Å². The Balaban J connectivity index is 3.17. The van der Waals surface area contributed by atoms with Crippen molar-refractivity contribution >= 4 is 0 Å². The van der Waals surface area contributed by atoms with Gasteiger partial charge < -0.3 is 10.2 Å². The van der Waals surface area contributed by atoms with E-state index in [2.05, 4.69) is 11.5 Å². The number of aliphatic hydroxyl groups is 2. The van der Waals surface area contributed by atoms with Crippen molar-refractivity contribution in [1.82, 2.24) is 4.90 Å². The molecule has 0 heterocycles. The van der Waals surface area contributed by atoms with Gasteiger partial charge in [-0.25, -0.2) is 0 Å². The molecule has 0 unspecified atom stereocenters. The summed E-state index contributed by atoms with van der Waals surface area (Å²) < 4.78 is 0.